The summed E-state index contributed by atoms with van der Waals surface area (Å²) in [7, 11) is 1.61. The van der Waals surface area contributed by atoms with E-state index in [2.05, 4.69) is 32.6 Å². The van der Waals surface area contributed by atoms with Crippen molar-refractivity contribution in [3.63, 3.8) is 0 Å². The van der Waals surface area contributed by atoms with Crippen LogP contribution in [0.25, 0.3) is 0 Å². The molecule has 8 nitrogen and oxygen atoms in total. The number of hydrogen-bond donors (Lipinski definition) is 1. The van der Waals surface area contributed by atoms with Crippen molar-refractivity contribution in [3.8, 4) is 0 Å². The molecule has 0 aliphatic rings. The molecule has 0 radical (unpaired) electrons. The average Bonchev–Trinajstić information content (AvgIpc) is 2.78. The minimum atomic E-state index is -0.194. The molecule has 0 saturated heterocycles. The molecule has 0 aliphatic carbocycles. The predicted molar refractivity (Wildman–Crippen MR) is 129 cm³/mol. The average molecular weight is 558 g/mol. The van der Waals surface area contributed by atoms with Crippen molar-refractivity contribution in [2.45, 2.75) is 6.92 Å². The fourth-order valence-electron chi connectivity index (χ4n) is 1.85. The van der Waals surface area contributed by atoms with Crippen LogP contribution in [0.1, 0.15) is 36.8 Å². The first-order valence-corrected chi connectivity index (χ1v) is 11.1. The number of alkyl halides is 1. The summed E-state index contributed by atoms with van der Waals surface area (Å²) in [5.74, 6) is 0. The third-order valence-corrected chi connectivity index (χ3v) is 3.62. The van der Waals surface area contributed by atoms with Gasteiger partial charge in [0.15, 0.2) is 18.9 Å². The smallest absolute Gasteiger partial charge is 0.250 e. The molecule has 0 spiro atoms. The molecule has 0 aliphatic heterocycles. The van der Waals surface area contributed by atoms with Gasteiger partial charge in [-0.2, -0.15) is 0 Å². The predicted octanol–water partition coefficient (Wildman–Crippen LogP) is 3.29. The fourth-order valence-corrected chi connectivity index (χ4v) is 2.04. The Balaban J connectivity index is 0.000000419. The lowest BCUT2D eigenvalue weighted by Crippen LogP contribution is -2.14. The molecule has 0 saturated carbocycles. The van der Waals surface area contributed by atoms with Gasteiger partial charge >= 0.3 is 0 Å². The number of halogens is 2. The summed E-state index contributed by atoms with van der Waals surface area (Å²) in [6.45, 7) is 1.75. The molecular formula is C21H21ClIN3O5. The molecule has 3 aromatic rings. The summed E-state index contributed by atoms with van der Waals surface area (Å²) in [6.07, 6.45) is 5.01. The lowest BCUT2D eigenvalue weighted by Gasteiger charge is -1.95. The van der Waals surface area contributed by atoms with Crippen LogP contribution in [-0.2, 0) is 7.05 Å². The topological polar surface area (TPSA) is 119 Å². The Bertz CT molecular complexity index is 1090. The standard InChI is InChI=1S/C7H6ClNO.C7H7NO2.C6H5NO2.CH3I/c1-5-6(4-10)2-3-7(8)9-5;1-8-4-6(5-9)2-3-7(8)10;8-4-5-1-2-6(9)7-3-5;1-2/h2-4H,1H3;2-5H,1H3;1-4H,(H,7,9);1H3. The number of rotatable bonds is 3. The Morgan fingerprint density at radius 1 is 0.935 bits per heavy atom. The minimum Gasteiger partial charge on any atom is -0.328 e. The number of carbonyl (C=O) groups excluding carboxylic acids is 3. The van der Waals surface area contributed by atoms with Crippen LogP contribution in [0.2, 0.25) is 5.15 Å². The number of carbonyl (C=O) groups is 3. The van der Waals surface area contributed by atoms with E-state index in [1.807, 2.05) is 4.93 Å². The molecule has 164 valence electrons. The highest BCUT2D eigenvalue weighted by atomic mass is 127. The van der Waals surface area contributed by atoms with Crippen molar-refractivity contribution >= 4 is 53.1 Å². The van der Waals surface area contributed by atoms with Crippen LogP contribution in [0.4, 0.5) is 0 Å². The number of nitrogens with one attached hydrogen (secondary N) is 1. The first-order valence-electron chi connectivity index (χ1n) is 8.52. The van der Waals surface area contributed by atoms with Crippen molar-refractivity contribution in [1.82, 2.24) is 14.5 Å². The number of H-pyrrole nitrogens is 1. The van der Waals surface area contributed by atoms with Gasteiger partial charge in [-0.25, -0.2) is 4.98 Å². The number of aromatic amines is 1. The highest BCUT2D eigenvalue weighted by Crippen LogP contribution is 2.07. The molecule has 10 heteroatoms. The maximum atomic E-state index is 10.7. The number of aryl methyl sites for hydroxylation is 2. The first-order chi connectivity index (χ1) is 14.8. The third-order valence-electron chi connectivity index (χ3n) is 3.41. The molecule has 1 N–H and O–H groups in total. The van der Waals surface area contributed by atoms with Gasteiger partial charge in [0.05, 0.1) is 0 Å². The summed E-state index contributed by atoms with van der Waals surface area (Å²) >= 11 is 7.70. The summed E-state index contributed by atoms with van der Waals surface area (Å²) in [4.78, 5) is 59.7. The molecule has 0 fully saturated rings. The molecule has 3 aromatic heterocycles. The zero-order valence-corrected chi connectivity index (χ0v) is 20.0. The van der Waals surface area contributed by atoms with E-state index in [1.54, 1.807) is 26.1 Å². The van der Waals surface area contributed by atoms with Gasteiger partial charge in [0.25, 0.3) is 0 Å². The largest absolute Gasteiger partial charge is 0.328 e. The van der Waals surface area contributed by atoms with Crippen LogP contribution < -0.4 is 11.1 Å². The lowest BCUT2D eigenvalue weighted by atomic mass is 10.2. The maximum absolute atomic E-state index is 10.7. The molecule has 0 aromatic carbocycles. The van der Waals surface area contributed by atoms with E-state index in [1.165, 1.54) is 41.2 Å². The Morgan fingerprint density at radius 2 is 1.55 bits per heavy atom. The van der Waals surface area contributed by atoms with E-state index in [4.69, 9.17) is 11.6 Å². The number of aldehydes is 3. The summed E-state index contributed by atoms with van der Waals surface area (Å²) in [5.41, 5.74) is 1.95. The van der Waals surface area contributed by atoms with E-state index in [0.717, 1.165) is 6.29 Å². The minimum absolute atomic E-state index is 0.106. The molecule has 3 rings (SSSR count). The van der Waals surface area contributed by atoms with E-state index < -0.39 is 0 Å². The first kappa shape index (κ1) is 28.1. The number of aromatic nitrogens is 3. The van der Waals surface area contributed by atoms with Crippen LogP contribution in [0.15, 0.2) is 58.4 Å². The number of nitrogens with zero attached hydrogens (tertiary/aromatic N) is 2. The van der Waals surface area contributed by atoms with Gasteiger partial charge in [0.1, 0.15) is 5.15 Å². The molecular weight excluding hydrogens is 537 g/mol. The van der Waals surface area contributed by atoms with E-state index >= 15 is 0 Å². The Morgan fingerprint density at radius 3 is 2.00 bits per heavy atom. The second-order valence-corrected chi connectivity index (χ2v) is 5.95. The molecule has 0 atom stereocenters. The number of hydrogen-bond acceptors (Lipinski definition) is 6. The molecule has 31 heavy (non-hydrogen) atoms. The van der Waals surface area contributed by atoms with Gasteiger partial charge in [-0.1, -0.05) is 34.2 Å². The quantitative estimate of drug-likeness (QED) is 0.228. The van der Waals surface area contributed by atoms with E-state index in [0.29, 0.717) is 40.1 Å². The van der Waals surface area contributed by atoms with Crippen molar-refractivity contribution in [2.75, 3.05) is 4.93 Å². The van der Waals surface area contributed by atoms with Crippen molar-refractivity contribution in [2.24, 2.45) is 7.05 Å². The second-order valence-electron chi connectivity index (χ2n) is 5.56. The van der Waals surface area contributed by atoms with Crippen molar-refractivity contribution in [1.29, 1.82) is 0 Å². The molecule has 0 bridgehead atoms. The van der Waals surface area contributed by atoms with Gasteiger partial charge in [-0.3, -0.25) is 24.0 Å². The molecule has 0 amide bonds. The third kappa shape index (κ3) is 11.2. The highest BCUT2D eigenvalue weighted by Gasteiger charge is 1.96. The molecule has 0 unspecified atom stereocenters. The van der Waals surface area contributed by atoms with Crippen LogP contribution in [0, 0.1) is 6.92 Å². The lowest BCUT2D eigenvalue weighted by molar-refractivity contribution is 0.111. The zero-order valence-electron chi connectivity index (χ0n) is 17.0. The normalized spacial score (nSPS) is 8.81. The zero-order chi connectivity index (χ0) is 23.8. The fraction of sp³-hybridized carbons (Fsp3) is 0.143. The Labute approximate surface area is 197 Å². The molecule has 3 heterocycles. The summed E-state index contributed by atoms with van der Waals surface area (Å²) in [5, 5.41) is 0.420. The SMILES string of the molecule is CI.Cc1nc(Cl)ccc1C=O.Cn1cc(C=O)ccc1=O.O=Cc1ccc(=O)[nH]c1. The van der Waals surface area contributed by atoms with Crippen LogP contribution in [0.5, 0.6) is 0 Å². The van der Waals surface area contributed by atoms with Gasteiger partial charge < -0.3 is 9.55 Å². The van der Waals surface area contributed by atoms with Gasteiger partial charge in [-0.05, 0) is 36.1 Å². The summed E-state index contributed by atoms with van der Waals surface area (Å²) < 4.78 is 1.36. The van der Waals surface area contributed by atoms with Crippen molar-refractivity contribution < 1.29 is 14.4 Å². The van der Waals surface area contributed by atoms with Gasteiger partial charge in [0, 0.05) is 54.0 Å². The number of pyridine rings is 3. The summed E-state index contributed by atoms with van der Waals surface area (Å²) in [6, 6.07) is 8.88. The maximum Gasteiger partial charge on any atom is 0.250 e. The second kappa shape index (κ2) is 15.9. The Hall–Kier alpha value is -2.92. The van der Waals surface area contributed by atoms with E-state index in [9.17, 15) is 24.0 Å². The van der Waals surface area contributed by atoms with Crippen LogP contribution in [-0.4, -0.2) is 38.3 Å². The van der Waals surface area contributed by atoms with Gasteiger partial charge in [-0.15, -0.1) is 0 Å². The highest BCUT2D eigenvalue weighted by molar-refractivity contribution is 14.1. The van der Waals surface area contributed by atoms with Gasteiger partial charge in [0.2, 0.25) is 11.1 Å². The van der Waals surface area contributed by atoms with Crippen LogP contribution >= 0.6 is 34.2 Å². The van der Waals surface area contributed by atoms with E-state index in [-0.39, 0.29) is 11.1 Å². The van der Waals surface area contributed by atoms with Crippen molar-refractivity contribution in [3.05, 3.63) is 97.0 Å². The monoisotopic (exact) mass is 557 g/mol. The Kier molecular flexibility index (Phi) is 14.4. The van der Waals surface area contributed by atoms with Crippen LogP contribution in [0.3, 0.4) is 0 Å².